The van der Waals surface area contributed by atoms with Gasteiger partial charge in [0.15, 0.2) is 0 Å². The number of para-hydroxylation sites is 1. The van der Waals surface area contributed by atoms with E-state index >= 15 is 0 Å². The van der Waals surface area contributed by atoms with Crippen LogP contribution in [0.15, 0.2) is 58.3 Å². The molecule has 4 nitrogen and oxygen atoms in total. The van der Waals surface area contributed by atoms with E-state index in [1.54, 1.807) is 35.3 Å². The lowest BCUT2D eigenvalue weighted by atomic mass is 10.1. The predicted octanol–water partition coefficient (Wildman–Crippen LogP) is 4.76. The number of hydrogen-bond acceptors (Lipinski definition) is 4. The summed E-state index contributed by atoms with van der Waals surface area (Å²) in [5.74, 6) is -0.138. The Balaban J connectivity index is 1.68. The minimum Gasteiger partial charge on any atom is -0.354 e. The van der Waals surface area contributed by atoms with Gasteiger partial charge in [0.1, 0.15) is 6.04 Å². The van der Waals surface area contributed by atoms with Gasteiger partial charge >= 0.3 is 0 Å². The van der Waals surface area contributed by atoms with Crippen molar-refractivity contribution in [3.8, 4) is 0 Å². The summed E-state index contributed by atoms with van der Waals surface area (Å²) < 4.78 is -0.207. The number of thioether (sulfide) groups is 2. The van der Waals surface area contributed by atoms with Crippen molar-refractivity contribution in [3.05, 3.63) is 54.1 Å². The van der Waals surface area contributed by atoms with E-state index in [2.05, 4.69) is 49.7 Å². The molecule has 0 saturated carbocycles. The lowest BCUT2D eigenvalue weighted by molar-refractivity contribution is -0.126. The Morgan fingerprint density at radius 3 is 2.59 bits per heavy atom. The van der Waals surface area contributed by atoms with Gasteiger partial charge in [-0.25, -0.2) is 0 Å². The Bertz CT molecular complexity index is 881. The molecule has 0 spiro atoms. The van der Waals surface area contributed by atoms with Gasteiger partial charge in [0.05, 0.1) is 5.69 Å². The molecule has 2 aromatic rings. The normalized spacial score (nSPS) is 16.7. The van der Waals surface area contributed by atoms with Gasteiger partial charge in [-0.1, -0.05) is 24.3 Å². The van der Waals surface area contributed by atoms with E-state index in [0.717, 1.165) is 17.0 Å². The average molecular weight is 429 g/mol. The van der Waals surface area contributed by atoms with Gasteiger partial charge in [0.25, 0.3) is 0 Å². The number of nitrogens with zero attached hydrogens (tertiary/aromatic N) is 1. The number of fused-ring (bicyclic) bond motifs is 1. The zero-order valence-corrected chi connectivity index (χ0v) is 19.0. The van der Waals surface area contributed by atoms with Crippen molar-refractivity contribution in [2.75, 3.05) is 17.7 Å². The molecule has 0 saturated heterocycles. The molecule has 0 radical (unpaired) electrons. The SMILES string of the molecule is CSc1ccc(CCNC(=O)[C@@H](C)N2C(=O)CC(C)(C)Sc3ccccc32)cc1. The van der Waals surface area contributed by atoms with Gasteiger partial charge < -0.3 is 5.32 Å². The average Bonchev–Trinajstić information content (AvgIpc) is 2.79. The molecule has 1 N–H and O–H groups in total. The fourth-order valence-corrected chi connectivity index (χ4v) is 5.09. The maximum absolute atomic E-state index is 13.0. The second kappa shape index (κ2) is 9.26. The number of nitrogens with one attached hydrogen (secondary N) is 1. The number of amides is 2. The molecule has 1 atom stereocenters. The number of rotatable bonds is 6. The predicted molar refractivity (Wildman–Crippen MR) is 123 cm³/mol. The van der Waals surface area contributed by atoms with Crippen LogP contribution in [0.1, 0.15) is 32.8 Å². The first kappa shape index (κ1) is 21.8. The van der Waals surface area contributed by atoms with Crippen LogP contribution in [-0.4, -0.2) is 35.4 Å². The zero-order chi connectivity index (χ0) is 21.0. The molecule has 0 fully saturated rings. The van der Waals surface area contributed by atoms with E-state index in [0.29, 0.717) is 13.0 Å². The molecule has 2 aromatic carbocycles. The molecule has 3 rings (SSSR count). The maximum atomic E-state index is 13.0. The van der Waals surface area contributed by atoms with Crippen molar-refractivity contribution < 1.29 is 9.59 Å². The third-order valence-electron chi connectivity index (χ3n) is 5.00. The highest BCUT2D eigenvalue weighted by Crippen LogP contribution is 2.44. The second-order valence-electron chi connectivity index (χ2n) is 7.84. The fourth-order valence-electron chi connectivity index (χ4n) is 3.47. The lowest BCUT2D eigenvalue weighted by Gasteiger charge is -2.28. The van der Waals surface area contributed by atoms with Gasteiger partial charge in [-0.3, -0.25) is 14.5 Å². The summed E-state index contributed by atoms with van der Waals surface area (Å²) in [6.07, 6.45) is 3.21. The summed E-state index contributed by atoms with van der Waals surface area (Å²) in [5.41, 5.74) is 2.01. The highest BCUT2D eigenvalue weighted by molar-refractivity contribution is 8.00. The van der Waals surface area contributed by atoms with Crippen LogP contribution in [0.2, 0.25) is 0 Å². The molecule has 1 aliphatic rings. The van der Waals surface area contributed by atoms with Crippen LogP contribution in [-0.2, 0) is 16.0 Å². The van der Waals surface area contributed by atoms with E-state index < -0.39 is 6.04 Å². The Morgan fingerprint density at radius 1 is 1.21 bits per heavy atom. The van der Waals surface area contributed by atoms with Crippen molar-refractivity contribution in [3.63, 3.8) is 0 Å². The number of benzene rings is 2. The highest BCUT2D eigenvalue weighted by Gasteiger charge is 2.36. The number of carbonyl (C=O) groups is 2. The highest BCUT2D eigenvalue weighted by atomic mass is 32.2. The van der Waals surface area contributed by atoms with Gasteiger partial charge in [-0.2, -0.15) is 0 Å². The molecule has 0 aliphatic carbocycles. The van der Waals surface area contributed by atoms with Gasteiger partial charge in [-0.05, 0) is 63.3 Å². The number of anilines is 1. The van der Waals surface area contributed by atoms with E-state index in [1.165, 1.54) is 10.5 Å². The Labute approximate surface area is 181 Å². The van der Waals surface area contributed by atoms with E-state index in [-0.39, 0.29) is 16.6 Å². The molecule has 29 heavy (non-hydrogen) atoms. The quantitative estimate of drug-likeness (QED) is 0.674. The van der Waals surface area contributed by atoms with Crippen LogP contribution in [0.25, 0.3) is 0 Å². The lowest BCUT2D eigenvalue weighted by Crippen LogP contribution is -2.49. The number of carbonyl (C=O) groups excluding carboxylic acids is 2. The minimum atomic E-state index is -0.558. The first-order chi connectivity index (χ1) is 13.8. The Kier molecular flexibility index (Phi) is 6.96. The van der Waals surface area contributed by atoms with Gasteiger partial charge in [-0.15, -0.1) is 23.5 Å². The summed E-state index contributed by atoms with van der Waals surface area (Å²) in [7, 11) is 0. The van der Waals surface area contributed by atoms with Gasteiger partial charge in [0, 0.05) is 27.5 Å². The van der Waals surface area contributed by atoms with Crippen LogP contribution in [0, 0.1) is 0 Å². The third-order valence-corrected chi connectivity index (χ3v) is 7.00. The molecule has 1 heterocycles. The third kappa shape index (κ3) is 5.37. The summed E-state index contributed by atoms with van der Waals surface area (Å²) in [5, 5.41) is 3.00. The Hall–Kier alpha value is -1.92. The molecule has 1 aliphatic heterocycles. The van der Waals surface area contributed by atoms with Crippen LogP contribution in [0.4, 0.5) is 5.69 Å². The topological polar surface area (TPSA) is 49.4 Å². The van der Waals surface area contributed by atoms with Crippen LogP contribution >= 0.6 is 23.5 Å². The Morgan fingerprint density at radius 2 is 1.90 bits per heavy atom. The van der Waals surface area contributed by atoms with Crippen molar-refractivity contribution in [1.29, 1.82) is 0 Å². The van der Waals surface area contributed by atoms with Crippen molar-refractivity contribution >= 4 is 41.0 Å². The monoisotopic (exact) mass is 428 g/mol. The molecule has 154 valence electrons. The summed E-state index contributed by atoms with van der Waals surface area (Å²) in [6, 6.07) is 15.7. The minimum absolute atomic E-state index is 0.0113. The van der Waals surface area contributed by atoms with Crippen molar-refractivity contribution in [2.24, 2.45) is 0 Å². The van der Waals surface area contributed by atoms with Crippen molar-refractivity contribution in [1.82, 2.24) is 5.32 Å². The largest absolute Gasteiger partial charge is 0.354 e. The molecule has 2 amide bonds. The van der Waals surface area contributed by atoms with E-state index in [4.69, 9.17) is 0 Å². The van der Waals surface area contributed by atoms with E-state index in [1.807, 2.05) is 24.3 Å². The molecule has 0 aromatic heterocycles. The summed E-state index contributed by atoms with van der Waals surface area (Å²) in [4.78, 5) is 29.8. The smallest absolute Gasteiger partial charge is 0.242 e. The fraction of sp³-hybridized carbons (Fsp3) is 0.391. The first-order valence-corrected chi connectivity index (χ1v) is 11.9. The molecular weight excluding hydrogens is 400 g/mol. The molecule has 0 unspecified atom stereocenters. The molecular formula is C23H28N2O2S2. The number of hydrogen-bond donors (Lipinski definition) is 1. The van der Waals surface area contributed by atoms with Gasteiger partial charge in [0.2, 0.25) is 11.8 Å². The molecule has 0 bridgehead atoms. The van der Waals surface area contributed by atoms with Crippen LogP contribution in [0.5, 0.6) is 0 Å². The van der Waals surface area contributed by atoms with Crippen molar-refractivity contribution in [2.45, 2.75) is 54.2 Å². The maximum Gasteiger partial charge on any atom is 0.242 e. The van der Waals surface area contributed by atoms with E-state index in [9.17, 15) is 9.59 Å². The van der Waals surface area contributed by atoms with Crippen LogP contribution in [0.3, 0.4) is 0 Å². The molecule has 6 heteroatoms. The first-order valence-electron chi connectivity index (χ1n) is 9.81. The standard InChI is InChI=1S/C23H28N2O2S2/c1-16(22(27)24-14-13-17-9-11-18(28-4)12-10-17)25-19-7-5-6-8-20(19)29-23(2,3)15-21(25)26/h5-12,16H,13-15H2,1-4H3,(H,24,27)/t16-/m1/s1. The summed E-state index contributed by atoms with van der Waals surface area (Å²) >= 11 is 3.41. The van der Waals surface area contributed by atoms with Crippen LogP contribution < -0.4 is 10.2 Å². The summed E-state index contributed by atoms with van der Waals surface area (Å²) in [6.45, 7) is 6.50. The second-order valence-corrected chi connectivity index (χ2v) is 10.5. The zero-order valence-electron chi connectivity index (χ0n) is 17.4.